The van der Waals surface area contributed by atoms with Gasteiger partial charge in [0.05, 0.1) is 22.1 Å². The van der Waals surface area contributed by atoms with Crippen molar-refractivity contribution in [2.24, 2.45) is 0 Å². The highest BCUT2D eigenvalue weighted by Gasteiger charge is 2.24. The quantitative estimate of drug-likeness (QED) is 0.176. The predicted molar refractivity (Wildman–Crippen MR) is 230 cm³/mol. The third-order valence-corrected chi connectivity index (χ3v) is 11.0. The molecular weight excluding hydrogens is 701 g/mol. The summed E-state index contributed by atoms with van der Waals surface area (Å²) in [6, 6.07) is 62.8. The zero-order valence-corrected chi connectivity index (χ0v) is 30.4. The van der Waals surface area contributed by atoms with Crippen LogP contribution in [-0.4, -0.2) is 29.1 Å². The Morgan fingerprint density at radius 1 is 0.404 bits per heavy atom. The first-order valence-electron chi connectivity index (χ1n) is 19.0. The second-order valence-corrected chi connectivity index (χ2v) is 14.3. The maximum Gasteiger partial charge on any atom is 0.238 e. The zero-order chi connectivity index (χ0) is 37.5. The van der Waals surface area contributed by atoms with Gasteiger partial charge in [0.2, 0.25) is 11.8 Å². The Labute approximate surface area is 325 Å². The lowest BCUT2D eigenvalue weighted by atomic mass is 10.0. The van der Waals surface area contributed by atoms with Crippen LogP contribution in [0, 0.1) is 0 Å². The molecule has 4 heterocycles. The Morgan fingerprint density at radius 2 is 1.02 bits per heavy atom. The number of benzene rings is 8. The molecule has 0 amide bonds. The Bertz CT molecular complexity index is 3500. The zero-order valence-electron chi connectivity index (χ0n) is 30.4. The molecule has 0 aliphatic heterocycles. The average molecular weight is 731 g/mol. The number of rotatable bonds is 5. The molecule has 0 saturated carbocycles. The summed E-state index contributed by atoms with van der Waals surface area (Å²) in [4.78, 5) is 20.7. The van der Waals surface area contributed by atoms with E-state index in [1.165, 1.54) is 0 Å². The molecule has 7 nitrogen and oxygen atoms in total. The van der Waals surface area contributed by atoms with E-state index in [0.29, 0.717) is 23.5 Å². The molecule has 7 heteroatoms. The minimum absolute atomic E-state index is 0.544. The van der Waals surface area contributed by atoms with Gasteiger partial charge in [0.15, 0.2) is 17.2 Å². The SMILES string of the molecule is c1ccc(-c2nc(-c3cccc4ccccc34)nc(-n3c4ccccc4c4ccc5c6ccccc6n(-c6cccc(-c7nc8ccccc8o7)c6)c5c43)n2)cc1. The Balaban J connectivity index is 1.20. The van der Waals surface area contributed by atoms with E-state index < -0.39 is 0 Å². The fourth-order valence-corrected chi connectivity index (χ4v) is 8.47. The fourth-order valence-electron chi connectivity index (χ4n) is 8.47. The van der Waals surface area contributed by atoms with Crippen molar-refractivity contribution in [3.05, 3.63) is 182 Å². The van der Waals surface area contributed by atoms with Gasteiger partial charge in [-0.05, 0) is 53.2 Å². The Morgan fingerprint density at radius 3 is 1.82 bits per heavy atom. The maximum atomic E-state index is 6.26. The van der Waals surface area contributed by atoms with Crippen LogP contribution < -0.4 is 0 Å². The Kier molecular flexibility index (Phi) is 6.79. The molecule has 0 radical (unpaired) electrons. The lowest BCUT2D eigenvalue weighted by molar-refractivity contribution is 0.620. The second-order valence-electron chi connectivity index (χ2n) is 14.3. The number of aromatic nitrogens is 6. The van der Waals surface area contributed by atoms with Gasteiger partial charge < -0.3 is 8.98 Å². The number of oxazole rings is 1. The molecule has 0 aliphatic rings. The van der Waals surface area contributed by atoms with Crippen molar-refractivity contribution in [2.75, 3.05) is 0 Å². The summed E-state index contributed by atoms with van der Waals surface area (Å²) in [5, 5.41) is 6.70. The third kappa shape index (κ3) is 4.86. The van der Waals surface area contributed by atoms with E-state index in [2.05, 4.69) is 149 Å². The summed E-state index contributed by atoms with van der Waals surface area (Å²) in [6.45, 7) is 0. The average Bonchev–Trinajstić information content (AvgIpc) is 3.97. The van der Waals surface area contributed by atoms with Gasteiger partial charge >= 0.3 is 0 Å². The number of hydrogen-bond donors (Lipinski definition) is 0. The first-order chi connectivity index (χ1) is 28.3. The van der Waals surface area contributed by atoms with Gasteiger partial charge in [-0.15, -0.1) is 0 Å². The summed E-state index contributed by atoms with van der Waals surface area (Å²) in [5.74, 6) is 2.34. The van der Waals surface area contributed by atoms with Crippen LogP contribution in [0.5, 0.6) is 0 Å². The van der Waals surface area contributed by atoms with Gasteiger partial charge in [0.25, 0.3) is 0 Å². The van der Waals surface area contributed by atoms with Crippen molar-refractivity contribution < 1.29 is 4.42 Å². The Hall–Kier alpha value is -7.90. The molecule has 266 valence electrons. The molecule has 0 bridgehead atoms. The number of nitrogens with zero attached hydrogens (tertiary/aromatic N) is 6. The number of para-hydroxylation sites is 4. The van der Waals surface area contributed by atoms with E-state index in [1.807, 2.05) is 42.5 Å². The van der Waals surface area contributed by atoms with Crippen LogP contribution in [0.4, 0.5) is 0 Å². The first kappa shape index (κ1) is 31.5. The number of hydrogen-bond acceptors (Lipinski definition) is 5. The molecule has 0 aliphatic carbocycles. The molecule has 4 aromatic heterocycles. The number of fused-ring (bicyclic) bond motifs is 9. The molecule has 57 heavy (non-hydrogen) atoms. The van der Waals surface area contributed by atoms with E-state index in [1.54, 1.807) is 0 Å². The fraction of sp³-hybridized carbons (Fsp3) is 0. The molecule has 12 aromatic rings. The molecule has 8 aromatic carbocycles. The largest absolute Gasteiger partial charge is 0.436 e. The van der Waals surface area contributed by atoms with Gasteiger partial charge in [-0.1, -0.05) is 140 Å². The molecule has 12 rings (SSSR count). The predicted octanol–water partition coefficient (Wildman–Crippen LogP) is 12.4. The normalized spacial score (nSPS) is 11.9. The van der Waals surface area contributed by atoms with E-state index >= 15 is 0 Å². The molecule has 0 atom stereocenters. The smallest absolute Gasteiger partial charge is 0.238 e. The summed E-state index contributed by atoms with van der Waals surface area (Å²) >= 11 is 0. The van der Waals surface area contributed by atoms with Gasteiger partial charge in [0, 0.05) is 43.9 Å². The molecular formula is C50H30N6O. The highest BCUT2D eigenvalue weighted by atomic mass is 16.3. The standard InChI is InChI=1S/C50H30N6O/c1-2-15-32(16-3-1)47-52-48(40-23-13-17-31-14-4-5-20-35(31)40)54-50(53-47)56-43-26-10-7-22-37(43)39-29-28-38-36-21-6-9-25-42(36)55(45(38)46(39)56)34-19-12-18-33(30-34)49-51-41-24-8-11-27-44(41)57-49/h1-30H. The highest BCUT2D eigenvalue weighted by Crippen LogP contribution is 2.42. The second kappa shape index (κ2) is 12.3. The van der Waals surface area contributed by atoms with Crippen molar-refractivity contribution in [1.82, 2.24) is 29.1 Å². The van der Waals surface area contributed by atoms with Crippen LogP contribution in [0.1, 0.15) is 0 Å². The monoisotopic (exact) mass is 730 g/mol. The van der Waals surface area contributed by atoms with E-state index in [9.17, 15) is 0 Å². The maximum absolute atomic E-state index is 6.26. The first-order valence-corrected chi connectivity index (χ1v) is 19.0. The lowest BCUT2D eigenvalue weighted by Crippen LogP contribution is -2.07. The minimum atomic E-state index is 0.544. The third-order valence-electron chi connectivity index (χ3n) is 11.0. The van der Waals surface area contributed by atoms with Crippen LogP contribution in [-0.2, 0) is 0 Å². The van der Waals surface area contributed by atoms with Crippen molar-refractivity contribution >= 4 is 65.5 Å². The van der Waals surface area contributed by atoms with Crippen molar-refractivity contribution in [1.29, 1.82) is 0 Å². The van der Waals surface area contributed by atoms with E-state index in [4.69, 9.17) is 24.4 Å². The van der Waals surface area contributed by atoms with Crippen LogP contribution in [0.3, 0.4) is 0 Å². The summed E-state index contributed by atoms with van der Waals surface area (Å²) < 4.78 is 10.9. The van der Waals surface area contributed by atoms with Gasteiger partial charge in [-0.25, -0.2) is 9.97 Å². The minimum Gasteiger partial charge on any atom is -0.436 e. The topological polar surface area (TPSA) is 74.6 Å². The molecule has 0 unspecified atom stereocenters. The van der Waals surface area contributed by atoms with Crippen LogP contribution in [0.15, 0.2) is 186 Å². The highest BCUT2D eigenvalue weighted by molar-refractivity contribution is 6.23. The van der Waals surface area contributed by atoms with Crippen LogP contribution in [0.2, 0.25) is 0 Å². The lowest BCUT2D eigenvalue weighted by Gasteiger charge is -2.14. The van der Waals surface area contributed by atoms with Crippen LogP contribution >= 0.6 is 0 Å². The van der Waals surface area contributed by atoms with Crippen molar-refractivity contribution in [3.8, 4) is 45.9 Å². The van der Waals surface area contributed by atoms with Gasteiger partial charge in [-0.3, -0.25) is 4.57 Å². The summed E-state index contributed by atoms with van der Waals surface area (Å²) in [6.07, 6.45) is 0. The van der Waals surface area contributed by atoms with E-state index in [0.717, 1.165) is 87.9 Å². The van der Waals surface area contributed by atoms with Gasteiger partial charge in [-0.2, -0.15) is 9.97 Å². The molecule has 0 N–H and O–H groups in total. The summed E-state index contributed by atoms with van der Waals surface area (Å²) in [7, 11) is 0. The molecule has 0 spiro atoms. The van der Waals surface area contributed by atoms with Crippen molar-refractivity contribution in [3.63, 3.8) is 0 Å². The van der Waals surface area contributed by atoms with Crippen molar-refractivity contribution in [2.45, 2.75) is 0 Å². The van der Waals surface area contributed by atoms with E-state index in [-0.39, 0.29) is 0 Å². The molecule has 0 fully saturated rings. The summed E-state index contributed by atoms with van der Waals surface area (Å²) in [5.41, 5.74) is 9.49. The molecule has 0 saturated heterocycles. The van der Waals surface area contributed by atoms with Gasteiger partial charge in [0.1, 0.15) is 5.52 Å². The van der Waals surface area contributed by atoms with Crippen LogP contribution in [0.25, 0.3) is 111 Å².